The highest BCUT2D eigenvalue weighted by Crippen LogP contribution is 2.45. The van der Waals surface area contributed by atoms with E-state index in [0.29, 0.717) is 155 Å². The molecule has 0 aliphatic carbocycles. The maximum absolute atomic E-state index is 12.6. The molecule has 135 heavy (non-hydrogen) atoms. The van der Waals surface area contributed by atoms with E-state index in [-0.39, 0.29) is 61.8 Å². The molecule has 0 spiro atoms. The Morgan fingerprint density at radius 2 is 0.659 bits per heavy atom. The lowest BCUT2D eigenvalue weighted by Gasteiger charge is -2.16. The number of thiophene rings is 6. The molecule has 0 saturated carbocycles. The number of nitrogens with zero attached hydrogens (tertiary/aromatic N) is 4. The maximum atomic E-state index is 12.6. The topological polar surface area (TPSA) is 387 Å². The summed E-state index contributed by atoms with van der Waals surface area (Å²) in [6, 6.07) is 31.7. The van der Waals surface area contributed by atoms with Crippen molar-refractivity contribution in [3.05, 3.63) is 261 Å². The highest BCUT2D eigenvalue weighted by Gasteiger charge is 2.30. The van der Waals surface area contributed by atoms with E-state index >= 15 is 0 Å². The number of nitrogen functional groups attached to an aromatic ring is 2. The van der Waals surface area contributed by atoms with Gasteiger partial charge in [-0.2, -0.15) is 0 Å². The fourth-order valence-corrected chi connectivity index (χ4v) is 19.3. The summed E-state index contributed by atoms with van der Waals surface area (Å²) in [5, 5.41) is 31.1. The molecule has 0 radical (unpaired) electrons. The number of hydrogen-bond acceptors (Lipinski definition) is 25. The molecule has 13 aromatic rings. The first-order chi connectivity index (χ1) is 64.5. The number of pyridine rings is 2. The summed E-state index contributed by atoms with van der Waals surface area (Å²) in [7, 11) is 3.24. The molecule has 43 heteroatoms. The van der Waals surface area contributed by atoms with Gasteiger partial charge in [-0.15, -0.1) is 68.0 Å². The molecular weight excluding hydrogens is 2060 g/mol. The van der Waals surface area contributed by atoms with E-state index in [4.69, 9.17) is 157 Å². The zero-order valence-corrected chi connectivity index (χ0v) is 85.1. The number of carbonyl (C=O) groups excluding carboxylic acids is 10. The van der Waals surface area contributed by atoms with Crippen LogP contribution in [0.5, 0.6) is 0 Å². The van der Waals surface area contributed by atoms with Crippen LogP contribution in [-0.4, -0.2) is 140 Å². The number of primary amides is 1. The van der Waals surface area contributed by atoms with Crippen molar-refractivity contribution < 1.29 is 71.6 Å². The third-order valence-electron chi connectivity index (χ3n) is 18.5. The SMILES string of the molecule is CCOC(=O)c1c(-c2ccc(Cl)c(Cl)c2)csc1NC(=O)N(C)C.CCOC(=O)c1c(-c2ccc(Cl)c(Cl)c2)csc1NC(=O)N1CCCC1.CCOC(=O)c1c(-c2ccc(Cl)c(Cl)c2)csc1NC(C)=O.CCOC(=O)c1c(-c2ccc(Cl)c(Cl)c2)csc1NC(N)=O.CCOC(=O)c1c(-c2ccncc2)csc1N.Nc1scc(-c2ccc(Cl)c(Cl)c2)c1C(=O)NCc1ccncc1. The van der Waals surface area contributed by atoms with Crippen LogP contribution in [0.1, 0.15) is 122 Å². The molecule has 14 rings (SSSR count). The van der Waals surface area contributed by atoms with Crippen LogP contribution in [0.2, 0.25) is 50.2 Å². The summed E-state index contributed by atoms with van der Waals surface area (Å²) >= 11 is 67.6. The van der Waals surface area contributed by atoms with Crippen molar-refractivity contribution in [3.63, 3.8) is 0 Å². The first-order valence-electron chi connectivity index (χ1n) is 40.3. The number of rotatable bonds is 23. The van der Waals surface area contributed by atoms with Crippen molar-refractivity contribution in [1.29, 1.82) is 0 Å². The van der Waals surface area contributed by atoms with Crippen LogP contribution in [0.25, 0.3) is 66.8 Å². The van der Waals surface area contributed by atoms with Gasteiger partial charge < -0.3 is 61.3 Å². The smallest absolute Gasteiger partial charge is 0.341 e. The van der Waals surface area contributed by atoms with Crippen molar-refractivity contribution in [2.24, 2.45) is 5.73 Å². The number of hydrogen-bond donors (Lipinski definition) is 8. The van der Waals surface area contributed by atoms with Gasteiger partial charge in [0.15, 0.2) is 0 Å². The lowest BCUT2D eigenvalue weighted by molar-refractivity contribution is -0.114. The fraction of sp³-hybridized carbons (Fsp3) is 0.196. The van der Waals surface area contributed by atoms with E-state index in [9.17, 15) is 47.9 Å². The predicted octanol–water partition coefficient (Wildman–Crippen LogP) is 27.0. The molecular formula is C92H84Cl10N12O15S6. The number of nitrogens with one attached hydrogen (secondary N) is 5. The van der Waals surface area contributed by atoms with E-state index in [1.54, 1.807) is 179 Å². The van der Waals surface area contributed by atoms with Gasteiger partial charge in [-0.3, -0.25) is 35.5 Å². The molecule has 5 aromatic carbocycles. The Hall–Kier alpha value is -10.8. The van der Waals surface area contributed by atoms with Gasteiger partial charge in [0, 0.05) is 131 Å². The maximum Gasteiger partial charge on any atom is 0.341 e. The molecule has 0 unspecified atom stereocenters. The van der Waals surface area contributed by atoms with Crippen LogP contribution in [-0.2, 0) is 35.0 Å². The number of aromatic nitrogens is 2. The van der Waals surface area contributed by atoms with Crippen LogP contribution in [0, 0.1) is 0 Å². The van der Waals surface area contributed by atoms with Gasteiger partial charge in [0.25, 0.3) is 5.91 Å². The van der Waals surface area contributed by atoms with Crippen LogP contribution in [0.4, 0.5) is 44.4 Å². The number of anilines is 6. The van der Waals surface area contributed by atoms with Gasteiger partial charge in [-0.25, -0.2) is 38.4 Å². The number of halogens is 10. The fourth-order valence-electron chi connectivity index (χ4n) is 12.3. The summed E-state index contributed by atoms with van der Waals surface area (Å²) in [5.74, 6) is -2.89. The molecule has 0 atom stereocenters. The Labute approximate surface area is 850 Å². The van der Waals surface area contributed by atoms with Crippen LogP contribution < -0.4 is 43.8 Å². The second-order valence-corrected chi connectivity index (χ2v) is 37.2. The minimum atomic E-state index is -0.756. The van der Waals surface area contributed by atoms with Gasteiger partial charge in [0.05, 0.1) is 93.8 Å². The molecule has 11 N–H and O–H groups in total. The van der Waals surface area contributed by atoms with Crippen molar-refractivity contribution in [1.82, 2.24) is 25.1 Å². The number of likely N-dealkylation sites (tertiary alicyclic amines) is 1. The van der Waals surface area contributed by atoms with Gasteiger partial charge in [-0.05, 0) is 171 Å². The Bertz CT molecular complexity index is 6300. The Balaban J connectivity index is 0.000000182. The Morgan fingerprint density at radius 3 is 0.978 bits per heavy atom. The first-order valence-corrected chi connectivity index (χ1v) is 49.4. The molecule has 708 valence electrons. The van der Waals surface area contributed by atoms with Crippen molar-refractivity contribution >= 4 is 274 Å². The van der Waals surface area contributed by atoms with Gasteiger partial charge >= 0.3 is 47.9 Å². The summed E-state index contributed by atoms with van der Waals surface area (Å²) < 4.78 is 25.4. The zero-order valence-electron chi connectivity index (χ0n) is 72.7. The van der Waals surface area contributed by atoms with E-state index in [1.807, 2.05) is 46.5 Å². The van der Waals surface area contributed by atoms with Crippen molar-refractivity contribution in [2.75, 3.05) is 93.0 Å². The lowest BCUT2D eigenvalue weighted by Crippen LogP contribution is -2.32. The minimum Gasteiger partial charge on any atom is -0.462 e. The number of benzene rings is 5. The molecule has 1 fully saturated rings. The highest BCUT2D eigenvalue weighted by atomic mass is 35.5. The predicted molar refractivity (Wildman–Crippen MR) is 550 cm³/mol. The second kappa shape index (κ2) is 52.5. The average Bonchev–Trinajstić information content (AvgIpc) is 1.69. The van der Waals surface area contributed by atoms with E-state index in [1.165, 1.54) is 79.8 Å². The molecule has 1 aliphatic heterocycles. The summed E-state index contributed by atoms with van der Waals surface area (Å²) in [4.78, 5) is 131. The van der Waals surface area contributed by atoms with Crippen molar-refractivity contribution in [2.45, 2.75) is 60.9 Å². The van der Waals surface area contributed by atoms with Gasteiger partial charge in [-0.1, -0.05) is 146 Å². The third kappa shape index (κ3) is 29.6. The quantitative estimate of drug-likeness (QED) is 0.0218. The van der Waals surface area contributed by atoms with E-state index in [2.05, 4.69) is 36.6 Å². The lowest BCUT2D eigenvalue weighted by atomic mass is 10.0. The van der Waals surface area contributed by atoms with E-state index < -0.39 is 29.9 Å². The van der Waals surface area contributed by atoms with Crippen molar-refractivity contribution in [3.8, 4) is 66.8 Å². The molecule has 1 aliphatic rings. The molecule has 9 heterocycles. The number of urea groups is 3. The summed E-state index contributed by atoms with van der Waals surface area (Å²) in [6.07, 6.45) is 8.72. The molecule has 27 nitrogen and oxygen atoms in total. The number of amides is 8. The monoisotopic (exact) mass is 2140 g/mol. The third-order valence-corrected chi connectivity index (χ3v) is 27.4. The molecule has 8 aromatic heterocycles. The number of esters is 5. The Kier molecular flexibility index (Phi) is 41.9. The average molecular weight is 2140 g/mol. The Morgan fingerprint density at radius 1 is 0.370 bits per heavy atom. The highest BCUT2D eigenvalue weighted by molar-refractivity contribution is 7.17. The standard InChI is InChI=1S/C18H18Cl2N2O3S.C17H13Cl2N3OS.C16H16Cl2N2O3S.C15H13Cl2NO3S.C14H12Cl2N2O3S.C12H12N2O2S/c1-2-25-17(23)15-12(11-5-6-13(19)14(20)9-11)10-26-16(15)21-18(24)22-7-3-4-8-22;18-13-2-1-11(7-14(13)19)12-9-24-16(20)15(12)17(23)22-8-10-3-5-21-6-4-10;1-4-23-15(21)13-10(9-5-6-11(17)12(18)7-9)8-24-14(13)19-16(22)20(2)3;1-3-21-15(20)13-10(7-22-14(13)18-8(2)19)9-4-5-11(16)12(17)6-9;1-2-21-13(19)11-8(6-22-12(11)18-14(17)20)7-3-4-9(15)10(16)5-7;1-2-16-12(15)10-9(7-17-11(10)13)8-3-5-14-6-4-8/h5-6,9-10H,2-4,7-8H2,1H3,(H,21,24);1-7,9H,8,20H2,(H,22,23);5-8H,4H2,1-3H3,(H,19,22);4-7H,3H2,1-2H3,(H,18,19);3-6H,2H2,1H3,(H3,17,18,20);3-7H,2,13H2,1H3. The van der Waals surface area contributed by atoms with Crippen LogP contribution in [0.15, 0.2) is 172 Å². The number of nitrogens with two attached hydrogens (primary N) is 3. The molecule has 0 bridgehead atoms. The summed E-state index contributed by atoms with van der Waals surface area (Å²) in [5.41, 5.74) is 28.6. The van der Waals surface area contributed by atoms with Gasteiger partial charge in [0.2, 0.25) is 5.91 Å². The molecule has 1 saturated heterocycles. The van der Waals surface area contributed by atoms with Gasteiger partial charge in [0.1, 0.15) is 52.8 Å². The number of carbonyl (C=O) groups is 10. The zero-order chi connectivity index (χ0) is 98.4. The largest absolute Gasteiger partial charge is 0.462 e. The van der Waals surface area contributed by atoms with Crippen LogP contribution >= 0.6 is 184 Å². The summed E-state index contributed by atoms with van der Waals surface area (Å²) in [6.45, 7) is 13.2. The molecule has 8 amide bonds. The van der Waals surface area contributed by atoms with Crippen LogP contribution in [0.3, 0.4) is 0 Å². The normalized spacial score (nSPS) is 11.0. The number of ether oxygens (including phenoxy) is 5. The first kappa shape index (κ1) is 108. The van der Waals surface area contributed by atoms with E-state index in [0.717, 1.165) is 64.9 Å². The minimum absolute atomic E-state index is 0.199. The second-order valence-electron chi connectivity index (χ2n) is 27.8.